The van der Waals surface area contributed by atoms with Crippen LogP contribution in [0.4, 0.5) is 14.5 Å². The molecule has 0 fully saturated rings. The molecular weight excluding hydrogens is 180 g/mol. The van der Waals surface area contributed by atoms with Crippen molar-refractivity contribution in [3.8, 4) is 0 Å². The molecule has 1 nitrogen and oxygen atoms in total. The van der Waals surface area contributed by atoms with Gasteiger partial charge >= 0.3 is 0 Å². The molecule has 0 amide bonds. The third-order valence-electron chi connectivity index (χ3n) is 1.38. The van der Waals surface area contributed by atoms with Crippen molar-refractivity contribution in [2.45, 2.75) is 6.92 Å². The Bertz CT molecular complexity index is 333. The Morgan fingerprint density at radius 3 is 2.58 bits per heavy atom. The summed E-state index contributed by atoms with van der Waals surface area (Å²) in [5.41, 5.74) is 0.455. The van der Waals surface area contributed by atoms with E-state index in [4.69, 9.17) is 0 Å². The van der Waals surface area contributed by atoms with Gasteiger partial charge in [-0.15, -0.1) is 0 Å². The summed E-state index contributed by atoms with van der Waals surface area (Å²) in [5, 5.41) is 2.03. The van der Waals surface area contributed by atoms with Crippen LogP contribution in [0.25, 0.3) is 0 Å². The van der Waals surface area contributed by atoms with E-state index in [0.29, 0.717) is 5.56 Å². The summed E-state index contributed by atoms with van der Waals surface area (Å²) in [6, 6.07) is 1.95. The van der Waals surface area contributed by atoms with Gasteiger partial charge in [0, 0.05) is 6.07 Å². The Labute approximate surface area is 73.7 Å². The standard InChI is InChI=1S/C8H5F2NS/c1-5-2-6(9)3-7(10)8(5)11-4-12/h2-3H,1H3. The van der Waals surface area contributed by atoms with Gasteiger partial charge in [0.15, 0.2) is 5.82 Å². The fraction of sp³-hybridized carbons (Fsp3) is 0.125. The summed E-state index contributed by atoms with van der Waals surface area (Å²) in [7, 11) is 0. The van der Waals surface area contributed by atoms with Crippen LogP contribution in [0.3, 0.4) is 0 Å². The minimum atomic E-state index is -0.718. The van der Waals surface area contributed by atoms with E-state index in [2.05, 4.69) is 17.2 Å². The number of aryl methyl sites for hydroxylation is 1. The number of hydrogen-bond acceptors (Lipinski definition) is 2. The molecule has 1 rings (SSSR count). The molecule has 0 unspecified atom stereocenters. The molecule has 0 bridgehead atoms. The molecule has 0 radical (unpaired) electrons. The maximum atomic E-state index is 12.9. The van der Waals surface area contributed by atoms with Crippen molar-refractivity contribution < 1.29 is 8.78 Å². The molecule has 4 heteroatoms. The van der Waals surface area contributed by atoms with E-state index in [0.717, 1.165) is 6.07 Å². The van der Waals surface area contributed by atoms with Crippen LogP contribution >= 0.6 is 12.2 Å². The van der Waals surface area contributed by atoms with Crippen molar-refractivity contribution >= 4 is 23.1 Å². The fourth-order valence-electron chi connectivity index (χ4n) is 0.882. The van der Waals surface area contributed by atoms with Crippen molar-refractivity contribution in [2.75, 3.05) is 0 Å². The molecule has 0 N–H and O–H groups in total. The number of halogens is 2. The van der Waals surface area contributed by atoms with Crippen LogP contribution in [0.2, 0.25) is 0 Å². The summed E-state index contributed by atoms with van der Waals surface area (Å²) in [5.74, 6) is -1.34. The predicted molar refractivity (Wildman–Crippen MR) is 45.8 cm³/mol. The highest BCUT2D eigenvalue weighted by atomic mass is 32.1. The van der Waals surface area contributed by atoms with Gasteiger partial charge in [0.2, 0.25) is 0 Å². The largest absolute Gasteiger partial charge is 0.207 e. The molecule has 0 saturated carbocycles. The number of isothiocyanates is 1. The lowest BCUT2D eigenvalue weighted by molar-refractivity contribution is 0.583. The fourth-order valence-corrected chi connectivity index (χ4v) is 0.973. The first-order valence-corrected chi connectivity index (χ1v) is 3.59. The topological polar surface area (TPSA) is 12.4 Å². The summed E-state index contributed by atoms with van der Waals surface area (Å²) >= 11 is 4.31. The van der Waals surface area contributed by atoms with Gasteiger partial charge in [-0.25, -0.2) is 8.78 Å². The Kier molecular flexibility index (Phi) is 2.63. The molecule has 0 aliphatic rings. The van der Waals surface area contributed by atoms with Crippen molar-refractivity contribution in [3.63, 3.8) is 0 Å². The molecular formula is C8H5F2NS. The van der Waals surface area contributed by atoms with Gasteiger partial charge in [-0.3, -0.25) is 0 Å². The monoisotopic (exact) mass is 185 g/mol. The molecule has 0 saturated heterocycles. The van der Waals surface area contributed by atoms with E-state index in [1.165, 1.54) is 6.07 Å². The average molecular weight is 185 g/mol. The van der Waals surface area contributed by atoms with Crippen LogP contribution in [-0.4, -0.2) is 5.16 Å². The molecule has 62 valence electrons. The molecule has 1 aromatic rings. The zero-order valence-corrected chi connectivity index (χ0v) is 7.08. The van der Waals surface area contributed by atoms with Crippen LogP contribution in [0.15, 0.2) is 17.1 Å². The summed E-state index contributed by atoms with van der Waals surface area (Å²) in [4.78, 5) is 3.47. The van der Waals surface area contributed by atoms with Crippen LogP contribution in [-0.2, 0) is 0 Å². The number of thiocarbonyl (C=S) groups is 1. The minimum Gasteiger partial charge on any atom is -0.207 e. The van der Waals surface area contributed by atoms with Gasteiger partial charge in [-0.1, -0.05) is 0 Å². The maximum absolute atomic E-state index is 12.9. The smallest absolute Gasteiger partial charge is 0.152 e. The number of hydrogen-bond donors (Lipinski definition) is 0. The second-order valence-corrected chi connectivity index (χ2v) is 2.44. The van der Waals surface area contributed by atoms with E-state index >= 15 is 0 Å². The van der Waals surface area contributed by atoms with E-state index in [-0.39, 0.29) is 5.69 Å². The normalized spacial score (nSPS) is 9.25. The van der Waals surface area contributed by atoms with Gasteiger partial charge < -0.3 is 0 Å². The third-order valence-corrected chi connectivity index (χ3v) is 1.47. The lowest BCUT2D eigenvalue weighted by Crippen LogP contribution is -1.84. The molecule has 1 aromatic carbocycles. The van der Waals surface area contributed by atoms with E-state index in [9.17, 15) is 8.78 Å². The predicted octanol–water partition coefficient (Wildman–Crippen LogP) is 3.01. The Morgan fingerprint density at radius 2 is 2.08 bits per heavy atom. The molecule has 12 heavy (non-hydrogen) atoms. The highest BCUT2D eigenvalue weighted by Crippen LogP contribution is 2.22. The SMILES string of the molecule is Cc1cc(F)cc(F)c1N=C=S. The first-order valence-electron chi connectivity index (χ1n) is 3.18. The molecule has 0 heterocycles. The van der Waals surface area contributed by atoms with Crippen LogP contribution in [0.5, 0.6) is 0 Å². The Hall–Kier alpha value is -1.12. The molecule has 0 aliphatic carbocycles. The second kappa shape index (κ2) is 3.52. The quantitative estimate of drug-likeness (QED) is 0.484. The zero-order valence-electron chi connectivity index (χ0n) is 6.27. The van der Waals surface area contributed by atoms with E-state index in [1.807, 2.05) is 5.16 Å². The summed E-state index contributed by atoms with van der Waals surface area (Å²) in [6.07, 6.45) is 0. The first-order chi connectivity index (χ1) is 5.65. The number of benzene rings is 1. The molecule has 0 spiro atoms. The summed E-state index contributed by atoms with van der Waals surface area (Å²) in [6.45, 7) is 1.55. The van der Waals surface area contributed by atoms with Gasteiger partial charge in [-0.05, 0) is 30.8 Å². The second-order valence-electron chi connectivity index (χ2n) is 2.26. The van der Waals surface area contributed by atoms with Gasteiger partial charge in [0.1, 0.15) is 11.5 Å². The Balaban J connectivity index is 3.37. The highest BCUT2D eigenvalue weighted by molar-refractivity contribution is 7.78. The van der Waals surface area contributed by atoms with Crippen LogP contribution in [0.1, 0.15) is 5.56 Å². The highest BCUT2D eigenvalue weighted by Gasteiger charge is 2.05. The van der Waals surface area contributed by atoms with Crippen LogP contribution in [0, 0.1) is 18.6 Å². The van der Waals surface area contributed by atoms with Crippen molar-refractivity contribution in [2.24, 2.45) is 4.99 Å². The van der Waals surface area contributed by atoms with Crippen molar-refractivity contribution in [3.05, 3.63) is 29.3 Å². The minimum absolute atomic E-state index is 0.0476. The summed E-state index contributed by atoms with van der Waals surface area (Å²) < 4.78 is 25.4. The number of nitrogens with zero attached hydrogens (tertiary/aromatic N) is 1. The average Bonchev–Trinajstić information content (AvgIpc) is 1.96. The van der Waals surface area contributed by atoms with Gasteiger partial charge in [0.05, 0.1) is 5.16 Å². The van der Waals surface area contributed by atoms with Crippen molar-refractivity contribution in [1.82, 2.24) is 0 Å². The number of rotatable bonds is 1. The van der Waals surface area contributed by atoms with Gasteiger partial charge in [-0.2, -0.15) is 4.99 Å². The third kappa shape index (κ3) is 1.72. The zero-order chi connectivity index (χ0) is 9.14. The van der Waals surface area contributed by atoms with Crippen LogP contribution < -0.4 is 0 Å². The molecule has 0 atom stereocenters. The van der Waals surface area contributed by atoms with Crippen molar-refractivity contribution in [1.29, 1.82) is 0 Å². The first kappa shape index (κ1) is 8.97. The Morgan fingerprint density at radius 1 is 1.42 bits per heavy atom. The molecule has 0 aliphatic heterocycles. The lowest BCUT2D eigenvalue weighted by Gasteiger charge is -1.99. The van der Waals surface area contributed by atoms with Gasteiger partial charge in [0.25, 0.3) is 0 Å². The lowest BCUT2D eigenvalue weighted by atomic mass is 10.2. The maximum Gasteiger partial charge on any atom is 0.152 e. The molecule has 0 aromatic heterocycles. The van der Waals surface area contributed by atoms with E-state index < -0.39 is 11.6 Å². The number of aliphatic imine (C=N–C) groups is 1. The van der Waals surface area contributed by atoms with E-state index in [1.54, 1.807) is 6.92 Å².